The highest BCUT2D eigenvalue weighted by Crippen LogP contribution is 2.14. The van der Waals surface area contributed by atoms with Crippen LogP contribution in [0.5, 0.6) is 0 Å². The highest BCUT2D eigenvalue weighted by Gasteiger charge is 2.19. The highest BCUT2D eigenvalue weighted by molar-refractivity contribution is 6.06. The zero-order chi connectivity index (χ0) is 13.0. The maximum atomic E-state index is 11.0. The number of benzene rings is 1. The summed E-state index contributed by atoms with van der Waals surface area (Å²) in [6, 6.07) is 2.95. The quantitative estimate of drug-likeness (QED) is 0.571. The van der Waals surface area contributed by atoms with Crippen LogP contribution in [0.15, 0.2) is 23.4 Å². The molecule has 1 aromatic rings. The molecule has 0 fully saturated rings. The number of carboxylic acids is 1. The molecule has 0 radical (unpaired) electrons. The Kier molecular flexibility index (Phi) is 3.62. The fourth-order valence-corrected chi connectivity index (χ4v) is 1.15. The van der Waals surface area contributed by atoms with Gasteiger partial charge in [0.2, 0.25) is 0 Å². The first kappa shape index (κ1) is 12.5. The van der Waals surface area contributed by atoms with Gasteiger partial charge in [0.1, 0.15) is 0 Å². The van der Waals surface area contributed by atoms with Gasteiger partial charge >= 0.3 is 17.8 Å². The Morgan fingerprint density at radius 2 is 1.88 bits per heavy atom. The largest absolute Gasteiger partial charge is 0.478 e. The minimum absolute atomic E-state index is 0.160. The van der Waals surface area contributed by atoms with Gasteiger partial charge in [0.05, 0.1) is 16.7 Å². The SMILES string of the molecule is NOC(=O)c1ccc(C(=O)N=O)c(C(=O)O)c1. The number of carbonyl (C=O) groups is 3. The van der Waals surface area contributed by atoms with Crippen LogP contribution in [0.2, 0.25) is 0 Å². The van der Waals surface area contributed by atoms with Crippen LogP contribution < -0.4 is 5.90 Å². The molecule has 0 saturated heterocycles. The van der Waals surface area contributed by atoms with Gasteiger partial charge in [0.25, 0.3) is 0 Å². The van der Waals surface area contributed by atoms with Crippen LogP contribution in [-0.4, -0.2) is 23.0 Å². The van der Waals surface area contributed by atoms with E-state index in [0.717, 1.165) is 18.2 Å². The molecular weight excluding hydrogens is 232 g/mol. The Balaban J connectivity index is 3.36. The average molecular weight is 238 g/mol. The van der Waals surface area contributed by atoms with Crippen molar-refractivity contribution in [2.24, 2.45) is 11.1 Å². The molecule has 0 atom stereocenters. The second-order valence-electron chi connectivity index (χ2n) is 2.87. The molecule has 3 N–H and O–H groups in total. The second kappa shape index (κ2) is 4.94. The van der Waals surface area contributed by atoms with Crippen LogP contribution in [0.25, 0.3) is 0 Å². The molecule has 0 bridgehead atoms. The molecule has 1 amide bonds. The van der Waals surface area contributed by atoms with E-state index in [1.807, 2.05) is 0 Å². The molecule has 0 aliphatic carbocycles. The van der Waals surface area contributed by atoms with Crippen LogP contribution in [0.1, 0.15) is 31.1 Å². The van der Waals surface area contributed by atoms with Crippen LogP contribution in [0.4, 0.5) is 0 Å². The van der Waals surface area contributed by atoms with Crippen molar-refractivity contribution in [2.75, 3.05) is 0 Å². The summed E-state index contributed by atoms with van der Waals surface area (Å²) in [5.41, 5.74) is -1.11. The minimum Gasteiger partial charge on any atom is -0.478 e. The molecule has 88 valence electrons. The van der Waals surface area contributed by atoms with E-state index in [2.05, 4.69) is 15.9 Å². The third kappa shape index (κ3) is 2.49. The second-order valence-corrected chi connectivity index (χ2v) is 2.87. The number of aromatic carboxylic acids is 1. The lowest BCUT2D eigenvalue weighted by Crippen LogP contribution is -2.13. The number of carbonyl (C=O) groups excluding carboxylic acids is 2. The Hall–Kier alpha value is -2.61. The highest BCUT2D eigenvalue weighted by atomic mass is 16.7. The van der Waals surface area contributed by atoms with Gasteiger partial charge in [-0.1, -0.05) is 0 Å². The summed E-state index contributed by atoms with van der Waals surface area (Å²) in [6.45, 7) is 0. The molecule has 0 unspecified atom stereocenters. The molecule has 0 spiro atoms. The Morgan fingerprint density at radius 3 is 2.35 bits per heavy atom. The molecule has 0 aliphatic rings. The molecule has 0 aromatic heterocycles. The van der Waals surface area contributed by atoms with E-state index in [4.69, 9.17) is 5.11 Å². The topological polar surface area (TPSA) is 136 Å². The fourth-order valence-electron chi connectivity index (χ4n) is 1.15. The molecule has 1 rings (SSSR count). The molecule has 0 heterocycles. The summed E-state index contributed by atoms with van der Waals surface area (Å²) in [5, 5.41) is 10.9. The van der Waals surface area contributed by atoms with Crippen molar-refractivity contribution < 1.29 is 24.3 Å². The lowest BCUT2D eigenvalue weighted by Gasteiger charge is -2.03. The number of nitroso groups, excluding NO2 is 1. The Bertz CT molecular complexity index is 510. The van der Waals surface area contributed by atoms with Gasteiger partial charge in [-0.25, -0.2) is 9.59 Å². The lowest BCUT2D eigenvalue weighted by molar-refractivity contribution is 0.0503. The molecular formula is C9H6N2O6. The van der Waals surface area contributed by atoms with Crippen LogP contribution >= 0.6 is 0 Å². The predicted octanol–water partition coefficient (Wildman–Crippen LogP) is 0.322. The maximum absolute atomic E-state index is 11.0. The lowest BCUT2D eigenvalue weighted by atomic mass is 10.0. The van der Waals surface area contributed by atoms with Crippen molar-refractivity contribution in [2.45, 2.75) is 0 Å². The van der Waals surface area contributed by atoms with Crippen LogP contribution in [0, 0.1) is 4.91 Å². The molecule has 0 aliphatic heterocycles. The van der Waals surface area contributed by atoms with E-state index in [1.54, 1.807) is 0 Å². The van der Waals surface area contributed by atoms with E-state index in [0.29, 0.717) is 0 Å². The van der Waals surface area contributed by atoms with Gasteiger partial charge in [-0.05, 0) is 18.2 Å². The maximum Gasteiger partial charge on any atom is 0.356 e. The third-order valence-electron chi connectivity index (χ3n) is 1.91. The van der Waals surface area contributed by atoms with Gasteiger partial charge in [-0.3, -0.25) is 4.79 Å². The standard InChI is InChI=1S/C9H6N2O6/c10-17-9(15)4-1-2-5(7(12)11-16)6(3-4)8(13)14/h1-3H,10H2,(H,13,14). The summed E-state index contributed by atoms with van der Waals surface area (Å²) in [6.07, 6.45) is 0. The molecule has 17 heavy (non-hydrogen) atoms. The third-order valence-corrected chi connectivity index (χ3v) is 1.91. The number of carboxylic acid groups (broad SMARTS) is 1. The van der Waals surface area contributed by atoms with Crippen LogP contribution in [-0.2, 0) is 4.84 Å². The van der Waals surface area contributed by atoms with Crippen LogP contribution in [0.3, 0.4) is 0 Å². The fraction of sp³-hybridized carbons (Fsp3) is 0. The van der Waals surface area contributed by atoms with Crippen molar-refractivity contribution in [3.05, 3.63) is 39.8 Å². The van der Waals surface area contributed by atoms with Crippen molar-refractivity contribution in [1.29, 1.82) is 0 Å². The summed E-state index contributed by atoms with van der Waals surface area (Å²) < 4.78 is 0. The Labute approximate surface area is 93.9 Å². The number of hydrogen-bond donors (Lipinski definition) is 2. The summed E-state index contributed by atoms with van der Waals surface area (Å²) in [7, 11) is 0. The van der Waals surface area contributed by atoms with Gasteiger partial charge in [-0.15, -0.1) is 4.91 Å². The summed E-state index contributed by atoms with van der Waals surface area (Å²) >= 11 is 0. The number of amides is 1. The first-order chi connectivity index (χ1) is 8.01. The minimum atomic E-state index is -1.48. The van der Waals surface area contributed by atoms with E-state index in [-0.39, 0.29) is 5.56 Å². The number of hydrogen-bond acceptors (Lipinski definition) is 6. The number of nitrogens with two attached hydrogens (primary N) is 1. The van der Waals surface area contributed by atoms with Crippen molar-refractivity contribution in [3.8, 4) is 0 Å². The zero-order valence-corrected chi connectivity index (χ0v) is 8.25. The number of nitrogens with zero attached hydrogens (tertiary/aromatic N) is 1. The van der Waals surface area contributed by atoms with Gasteiger partial charge in [0, 0.05) is 5.18 Å². The first-order valence-corrected chi connectivity index (χ1v) is 4.17. The summed E-state index contributed by atoms with van der Waals surface area (Å²) in [5.74, 6) is 0.931. The molecule has 0 saturated carbocycles. The van der Waals surface area contributed by atoms with Crippen molar-refractivity contribution >= 4 is 17.8 Å². The summed E-state index contributed by atoms with van der Waals surface area (Å²) in [4.78, 5) is 46.8. The zero-order valence-electron chi connectivity index (χ0n) is 8.25. The van der Waals surface area contributed by atoms with E-state index >= 15 is 0 Å². The Morgan fingerprint density at radius 1 is 1.24 bits per heavy atom. The molecule has 8 heteroatoms. The average Bonchev–Trinajstić information content (AvgIpc) is 2.35. The predicted molar refractivity (Wildman–Crippen MR) is 53.1 cm³/mol. The van der Waals surface area contributed by atoms with Gasteiger partial charge in [-0.2, -0.15) is 5.90 Å². The monoisotopic (exact) mass is 238 g/mol. The normalized spacial score (nSPS) is 9.47. The molecule has 1 aromatic carbocycles. The van der Waals surface area contributed by atoms with Crippen molar-refractivity contribution in [1.82, 2.24) is 0 Å². The first-order valence-electron chi connectivity index (χ1n) is 4.17. The van der Waals surface area contributed by atoms with Gasteiger partial charge < -0.3 is 9.94 Å². The van der Waals surface area contributed by atoms with E-state index < -0.39 is 29.0 Å². The smallest absolute Gasteiger partial charge is 0.356 e. The van der Waals surface area contributed by atoms with Crippen molar-refractivity contribution in [3.63, 3.8) is 0 Å². The van der Waals surface area contributed by atoms with E-state index in [9.17, 15) is 19.3 Å². The van der Waals surface area contributed by atoms with E-state index in [1.165, 1.54) is 0 Å². The molecule has 8 nitrogen and oxygen atoms in total. The van der Waals surface area contributed by atoms with Gasteiger partial charge in [0.15, 0.2) is 0 Å². The number of rotatable bonds is 3.